The summed E-state index contributed by atoms with van der Waals surface area (Å²) in [5.74, 6) is 1.09. The largest absolute Gasteiger partial charge is 0.496 e. The molecule has 0 fully saturated rings. The van der Waals surface area contributed by atoms with Crippen LogP contribution >= 0.6 is 27.3 Å². The fraction of sp³-hybridized carbons (Fsp3) is 0.158. The standard InChI is InChI=1S/C19H16BrN5O2S/c1-3-16-22-23-19-25(16)24-18(28-19)11-5-4-6-13(9-11)21-17(26)14-10-12(20)7-8-15(14)27-2/h4-10H,3H2,1-2H3,(H,21,26). The van der Waals surface area contributed by atoms with Gasteiger partial charge in [0.1, 0.15) is 10.8 Å². The van der Waals surface area contributed by atoms with Crippen molar-refractivity contribution in [2.24, 2.45) is 0 Å². The topological polar surface area (TPSA) is 81.4 Å². The first-order chi connectivity index (χ1) is 13.6. The smallest absolute Gasteiger partial charge is 0.259 e. The summed E-state index contributed by atoms with van der Waals surface area (Å²) < 4.78 is 7.86. The van der Waals surface area contributed by atoms with Gasteiger partial charge in [0.05, 0.1) is 12.7 Å². The van der Waals surface area contributed by atoms with Crippen LogP contribution in [0.2, 0.25) is 0 Å². The molecular weight excluding hydrogens is 442 g/mol. The molecule has 4 rings (SSSR count). The lowest BCUT2D eigenvalue weighted by atomic mass is 10.1. The second-order valence-corrected chi connectivity index (χ2v) is 7.82. The molecule has 0 bridgehead atoms. The number of ether oxygens (including phenoxy) is 1. The van der Waals surface area contributed by atoms with Gasteiger partial charge in [-0.05, 0) is 30.3 Å². The second-order valence-electron chi connectivity index (χ2n) is 5.95. The number of carbonyl (C=O) groups is 1. The van der Waals surface area contributed by atoms with Crippen LogP contribution in [0.25, 0.3) is 15.5 Å². The molecule has 0 saturated carbocycles. The summed E-state index contributed by atoms with van der Waals surface area (Å²) in [5.41, 5.74) is 2.02. The van der Waals surface area contributed by atoms with Crippen LogP contribution < -0.4 is 10.1 Å². The maximum absolute atomic E-state index is 12.7. The Hall–Kier alpha value is -2.78. The molecule has 142 valence electrons. The van der Waals surface area contributed by atoms with Gasteiger partial charge in [0.2, 0.25) is 4.96 Å². The van der Waals surface area contributed by atoms with Crippen molar-refractivity contribution in [3.8, 4) is 16.3 Å². The molecule has 0 spiro atoms. The van der Waals surface area contributed by atoms with Crippen molar-refractivity contribution < 1.29 is 9.53 Å². The number of aromatic nitrogens is 4. The van der Waals surface area contributed by atoms with Crippen LogP contribution in [0, 0.1) is 0 Å². The Morgan fingerprint density at radius 1 is 1.25 bits per heavy atom. The first kappa shape index (κ1) is 18.6. The summed E-state index contributed by atoms with van der Waals surface area (Å²) in [6.07, 6.45) is 0.759. The van der Waals surface area contributed by atoms with E-state index >= 15 is 0 Å². The number of hydrogen-bond donors (Lipinski definition) is 1. The van der Waals surface area contributed by atoms with E-state index in [0.29, 0.717) is 17.0 Å². The van der Waals surface area contributed by atoms with Crippen LogP contribution in [0.15, 0.2) is 46.9 Å². The number of rotatable bonds is 5. The minimum Gasteiger partial charge on any atom is -0.496 e. The van der Waals surface area contributed by atoms with Crippen LogP contribution in [0.3, 0.4) is 0 Å². The van der Waals surface area contributed by atoms with Gasteiger partial charge in [0.15, 0.2) is 5.82 Å². The maximum Gasteiger partial charge on any atom is 0.259 e. The minimum absolute atomic E-state index is 0.248. The number of amides is 1. The van der Waals surface area contributed by atoms with Gasteiger partial charge in [-0.25, -0.2) is 0 Å². The molecule has 1 N–H and O–H groups in total. The summed E-state index contributed by atoms with van der Waals surface area (Å²) in [6, 6.07) is 12.9. The molecule has 9 heteroatoms. The Kier molecular flexibility index (Phi) is 5.10. The Morgan fingerprint density at radius 2 is 2.11 bits per heavy atom. The first-order valence-corrected chi connectivity index (χ1v) is 10.2. The fourth-order valence-electron chi connectivity index (χ4n) is 2.78. The molecule has 0 radical (unpaired) electrons. The molecule has 0 aliphatic heterocycles. The van der Waals surface area contributed by atoms with Crippen LogP contribution in [0.1, 0.15) is 23.1 Å². The predicted octanol–water partition coefficient (Wildman–Crippen LogP) is 4.44. The highest BCUT2D eigenvalue weighted by molar-refractivity contribution is 9.10. The molecule has 0 aliphatic carbocycles. The van der Waals surface area contributed by atoms with Crippen LogP contribution in [0.5, 0.6) is 5.75 Å². The van der Waals surface area contributed by atoms with Gasteiger partial charge >= 0.3 is 0 Å². The minimum atomic E-state index is -0.248. The Morgan fingerprint density at radius 3 is 2.89 bits per heavy atom. The third-order valence-electron chi connectivity index (χ3n) is 4.15. The van der Waals surface area contributed by atoms with Crippen molar-refractivity contribution in [2.45, 2.75) is 13.3 Å². The van der Waals surface area contributed by atoms with Gasteiger partial charge in [0.25, 0.3) is 5.91 Å². The number of methoxy groups -OCH3 is 1. The van der Waals surface area contributed by atoms with Crippen LogP contribution in [-0.2, 0) is 6.42 Å². The number of nitrogens with one attached hydrogen (secondary N) is 1. The normalized spacial score (nSPS) is 11.0. The molecule has 2 heterocycles. The molecule has 2 aromatic heterocycles. The summed E-state index contributed by atoms with van der Waals surface area (Å²) in [5, 5.41) is 16.6. The molecule has 2 aromatic carbocycles. The third-order valence-corrected chi connectivity index (χ3v) is 5.59. The zero-order valence-corrected chi connectivity index (χ0v) is 17.5. The van der Waals surface area contributed by atoms with Crippen molar-refractivity contribution in [1.29, 1.82) is 0 Å². The lowest BCUT2D eigenvalue weighted by molar-refractivity contribution is 0.102. The summed E-state index contributed by atoms with van der Waals surface area (Å²) in [6.45, 7) is 2.02. The van der Waals surface area contributed by atoms with Crippen molar-refractivity contribution in [1.82, 2.24) is 19.8 Å². The third kappa shape index (κ3) is 3.50. The summed E-state index contributed by atoms with van der Waals surface area (Å²) in [7, 11) is 1.54. The predicted molar refractivity (Wildman–Crippen MR) is 112 cm³/mol. The molecule has 7 nitrogen and oxygen atoms in total. The zero-order chi connectivity index (χ0) is 19.7. The Labute approximate surface area is 173 Å². The van der Waals surface area contributed by atoms with E-state index in [0.717, 1.165) is 32.2 Å². The molecule has 0 saturated heterocycles. The second kappa shape index (κ2) is 7.69. The average molecular weight is 458 g/mol. The molecule has 4 aromatic rings. The van der Waals surface area contributed by atoms with Gasteiger partial charge in [-0.15, -0.1) is 10.2 Å². The van der Waals surface area contributed by atoms with Gasteiger partial charge in [-0.1, -0.05) is 46.3 Å². The molecule has 0 aliphatic rings. The van der Waals surface area contributed by atoms with E-state index in [-0.39, 0.29) is 5.91 Å². The van der Waals surface area contributed by atoms with Gasteiger partial charge in [-0.3, -0.25) is 4.79 Å². The van der Waals surface area contributed by atoms with E-state index in [1.807, 2.05) is 37.3 Å². The number of aryl methyl sites for hydroxylation is 1. The van der Waals surface area contributed by atoms with Gasteiger partial charge < -0.3 is 10.1 Å². The highest BCUT2D eigenvalue weighted by Crippen LogP contribution is 2.28. The Balaban J connectivity index is 1.62. The highest BCUT2D eigenvalue weighted by atomic mass is 79.9. The number of benzene rings is 2. The van der Waals surface area contributed by atoms with E-state index in [1.54, 1.807) is 23.8 Å². The fourth-order valence-corrected chi connectivity index (χ4v) is 4.00. The maximum atomic E-state index is 12.7. The van der Waals surface area contributed by atoms with Crippen LogP contribution in [-0.4, -0.2) is 32.8 Å². The van der Waals surface area contributed by atoms with E-state index in [2.05, 4.69) is 36.5 Å². The SMILES string of the molecule is CCc1nnc2sc(-c3cccc(NC(=O)c4cc(Br)ccc4OC)c3)nn12. The lowest BCUT2D eigenvalue weighted by Crippen LogP contribution is -2.13. The quantitative estimate of drug-likeness (QED) is 0.478. The van der Waals surface area contributed by atoms with Crippen molar-refractivity contribution in [3.05, 3.63) is 58.3 Å². The number of anilines is 1. The molecular formula is C19H16BrN5O2S. The number of fused-ring (bicyclic) bond motifs is 1. The van der Waals surface area contributed by atoms with Crippen molar-refractivity contribution in [2.75, 3.05) is 12.4 Å². The number of halogens is 1. The van der Waals surface area contributed by atoms with Crippen molar-refractivity contribution in [3.63, 3.8) is 0 Å². The zero-order valence-electron chi connectivity index (χ0n) is 15.1. The van der Waals surface area contributed by atoms with Crippen LogP contribution in [0.4, 0.5) is 5.69 Å². The van der Waals surface area contributed by atoms with E-state index in [9.17, 15) is 4.79 Å². The van der Waals surface area contributed by atoms with Crippen molar-refractivity contribution >= 4 is 43.8 Å². The van der Waals surface area contributed by atoms with Gasteiger partial charge in [0, 0.05) is 22.1 Å². The summed E-state index contributed by atoms with van der Waals surface area (Å²) >= 11 is 4.85. The lowest BCUT2D eigenvalue weighted by Gasteiger charge is -2.10. The molecule has 28 heavy (non-hydrogen) atoms. The summed E-state index contributed by atoms with van der Waals surface area (Å²) in [4.78, 5) is 13.5. The Bertz CT molecular complexity index is 1170. The molecule has 1 amide bonds. The van der Waals surface area contributed by atoms with E-state index in [4.69, 9.17) is 4.74 Å². The van der Waals surface area contributed by atoms with E-state index < -0.39 is 0 Å². The molecule has 0 unspecified atom stereocenters. The number of hydrogen-bond acceptors (Lipinski definition) is 6. The van der Waals surface area contributed by atoms with E-state index in [1.165, 1.54) is 11.3 Å². The van der Waals surface area contributed by atoms with Gasteiger partial charge in [-0.2, -0.15) is 9.61 Å². The average Bonchev–Trinajstić information content (AvgIpc) is 3.28. The monoisotopic (exact) mass is 457 g/mol. The highest BCUT2D eigenvalue weighted by Gasteiger charge is 2.15. The number of carbonyl (C=O) groups excluding carboxylic acids is 1. The first-order valence-electron chi connectivity index (χ1n) is 8.55. The number of nitrogens with zero attached hydrogens (tertiary/aromatic N) is 4. The molecule has 0 atom stereocenters.